The molecule has 0 bridgehead atoms. The Balaban J connectivity index is 0.00000289. The summed E-state index contributed by atoms with van der Waals surface area (Å²) in [6.07, 6.45) is -5.01. The van der Waals surface area contributed by atoms with Crippen molar-refractivity contribution in [3.05, 3.63) is 35.9 Å². The largest absolute Gasteiger partial charge is 0.872 e. The third-order valence-electron chi connectivity index (χ3n) is 1.90. The van der Waals surface area contributed by atoms with Crippen LogP contribution < -0.4 is 9.84 Å². The quantitative estimate of drug-likeness (QED) is 0.469. The van der Waals surface area contributed by atoms with Crippen molar-refractivity contribution >= 4 is 41.1 Å². The number of methoxy groups -OCH3 is 1. The number of allylic oxidation sites excluding steroid dienone is 1. The Bertz CT molecular complexity index is 455. The van der Waals surface area contributed by atoms with Gasteiger partial charge in [0.2, 0.25) is 0 Å². The standard InChI is InChI=1S/C11H9F3O3.Na/c1-17-8-4-2-3-7(5-8)9(15)6-10(16)11(12,13)14;/h2-6,15H,1H3;/p-1/b9-6-;. The summed E-state index contributed by atoms with van der Waals surface area (Å²) in [4.78, 5) is 10.6. The van der Waals surface area contributed by atoms with Crippen molar-refractivity contribution in [1.82, 2.24) is 0 Å². The van der Waals surface area contributed by atoms with Crippen LogP contribution in [0.15, 0.2) is 30.3 Å². The molecule has 0 aliphatic rings. The van der Waals surface area contributed by atoms with Gasteiger partial charge in [0.05, 0.1) is 7.11 Å². The van der Waals surface area contributed by atoms with Crippen molar-refractivity contribution in [3.63, 3.8) is 0 Å². The Kier molecular flexibility index (Phi) is 6.45. The molecule has 0 heterocycles. The molecule has 0 aromatic heterocycles. The van der Waals surface area contributed by atoms with Gasteiger partial charge in [-0.1, -0.05) is 17.9 Å². The molecular formula is C11H8F3NaO3-. The number of ether oxygens (including phenoxy) is 1. The van der Waals surface area contributed by atoms with Crippen LogP contribution in [-0.2, 0) is 4.79 Å². The molecule has 1 aromatic carbocycles. The average Bonchev–Trinajstić information content (AvgIpc) is 2.27. The maximum atomic E-state index is 11.9. The first-order valence-corrected chi connectivity index (χ1v) is 4.49. The first-order valence-electron chi connectivity index (χ1n) is 4.49. The number of ketones is 1. The zero-order valence-corrected chi connectivity index (χ0v) is 11.7. The minimum absolute atomic E-state index is 0. The Morgan fingerprint density at radius 1 is 1.39 bits per heavy atom. The van der Waals surface area contributed by atoms with Gasteiger partial charge in [0.25, 0.3) is 5.78 Å². The van der Waals surface area contributed by atoms with Crippen LogP contribution in [0.1, 0.15) is 5.56 Å². The van der Waals surface area contributed by atoms with Crippen LogP contribution >= 0.6 is 0 Å². The van der Waals surface area contributed by atoms with Crippen LogP contribution in [0.3, 0.4) is 0 Å². The van der Waals surface area contributed by atoms with E-state index in [4.69, 9.17) is 4.74 Å². The first-order chi connectivity index (χ1) is 7.84. The number of hydrogen-bond acceptors (Lipinski definition) is 3. The monoisotopic (exact) mass is 268 g/mol. The molecule has 0 saturated heterocycles. The van der Waals surface area contributed by atoms with Gasteiger partial charge in [0, 0.05) is 29.6 Å². The second-order valence-corrected chi connectivity index (χ2v) is 3.10. The number of halogens is 3. The fraction of sp³-hybridized carbons (Fsp3) is 0.182. The van der Waals surface area contributed by atoms with E-state index in [0.717, 1.165) is 0 Å². The van der Waals surface area contributed by atoms with E-state index in [0.29, 0.717) is 5.75 Å². The molecule has 0 atom stereocenters. The normalized spacial score (nSPS) is 11.7. The van der Waals surface area contributed by atoms with Crippen LogP contribution in [-0.4, -0.2) is 48.6 Å². The van der Waals surface area contributed by atoms with E-state index < -0.39 is 17.7 Å². The van der Waals surface area contributed by atoms with Gasteiger partial charge in [0.15, 0.2) is 0 Å². The van der Waals surface area contributed by atoms with E-state index in [1.807, 2.05) is 0 Å². The number of carbonyl (C=O) groups is 1. The maximum Gasteiger partial charge on any atom is 0.454 e. The number of benzene rings is 1. The summed E-state index contributed by atoms with van der Waals surface area (Å²) < 4.78 is 40.5. The van der Waals surface area contributed by atoms with Gasteiger partial charge in [-0.2, -0.15) is 13.2 Å². The van der Waals surface area contributed by atoms with E-state index in [9.17, 15) is 23.1 Å². The fourth-order valence-corrected chi connectivity index (χ4v) is 1.06. The van der Waals surface area contributed by atoms with Gasteiger partial charge >= 0.3 is 6.18 Å². The second kappa shape index (κ2) is 6.82. The molecule has 18 heavy (non-hydrogen) atoms. The van der Waals surface area contributed by atoms with Crippen molar-refractivity contribution < 1.29 is 27.8 Å². The Morgan fingerprint density at radius 2 is 2.00 bits per heavy atom. The number of carbonyl (C=O) groups excluding carboxylic acids is 1. The third kappa shape index (κ3) is 4.72. The van der Waals surface area contributed by atoms with Gasteiger partial charge < -0.3 is 9.84 Å². The molecule has 0 amide bonds. The fourth-order valence-electron chi connectivity index (χ4n) is 1.06. The molecule has 0 unspecified atom stereocenters. The second-order valence-electron chi connectivity index (χ2n) is 3.10. The molecule has 93 valence electrons. The third-order valence-corrected chi connectivity index (χ3v) is 1.90. The van der Waals surface area contributed by atoms with E-state index in [1.165, 1.54) is 31.4 Å². The average molecular weight is 268 g/mol. The molecular weight excluding hydrogens is 260 g/mol. The molecule has 0 aliphatic heterocycles. The van der Waals surface area contributed by atoms with Crippen LogP contribution in [0.2, 0.25) is 0 Å². The zero-order valence-electron chi connectivity index (χ0n) is 9.75. The summed E-state index contributed by atoms with van der Waals surface area (Å²) in [5.41, 5.74) is -0.0399. The number of alkyl halides is 3. The molecule has 1 aromatic rings. The van der Waals surface area contributed by atoms with Crippen molar-refractivity contribution in [2.45, 2.75) is 6.18 Å². The molecule has 0 spiro atoms. The molecule has 0 N–H and O–H groups in total. The molecule has 0 fully saturated rings. The Hall–Kier alpha value is -0.980. The van der Waals surface area contributed by atoms with Crippen molar-refractivity contribution in [3.8, 4) is 5.75 Å². The summed E-state index contributed by atoms with van der Waals surface area (Å²) in [6, 6.07) is 5.52. The summed E-state index contributed by atoms with van der Waals surface area (Å²) in [7, 11) is 1.36. The molecule has 7 heteroatoms. The number of hydrogen-bond donors (Lipinski definition) is 0. The van der Waals surface area contributed by atoms with Gasteiger partial charge in [0.1, 0.15) is 5.75 Å². The zero-order chi connectivity index (χ0) is 13.1. The summed E-state index contributed by atoms with van der Waals surface area (Å²) in [6.45, 7) is 0. The molecule has 0 aliphatic carbocycles. The predicted octanol–water partition coefficient (Wildman–Crippen LogP) is 1.15. The molecule has 0 saturated carbocycles. The van der Waals surface area contributed by atoms with Crippen molar-refractivity contribution in [2.24, 2.45) is 0 Å². The first kappa shape index (κ1) is 17.0. The van der Waals surface area contributed by atoms with Crippen LogP contribution in [0.5, 0.6) is 5.75 Å². The van der Waals surface area contributed by atoms with Gasteiger partial charge in [-0.15, -0.1) is 0 Å². The van der Waals surface area contributed by atoms with Gasteiger partial charge in [-0.3, -0.25) is 4.79 Å². The summed E-state index contributed by atoms with van der Waals surface area (Å²) >= 11 is 0. The van der Waals surface area contributed by atoms with E-state index in [-0.39, 0.29) is 41.2 Å². The predicted molar refractivity (Wildman–Crippen MR) is 57.8 cm³/mol. The maximum absolute atomic E-state index is 11.9. The van der Waals surface area contributed by atoms with E-state index >= 15 is 0 Å². The Morgan fingerprint density at radius 3 is 2.50 bits per heavy atom. The van der Waals surface area contributed by atoms with Crippen LogP contribution in [0.25, 0.3) is 5.76 Å². The van der Waals surface area contributed by atoms with E-state index in [2.05, 4.69) is 0 Å². The van der Waals surface area contributed by atoms with E-state index in [1.54, 1.807) is 0 Å². The summed E-state index contributed by atoms with van der Waals surface area (Å²) in [5, 5.41) is 11.3. The Labute approximate surface area is 124 Å². The van der Waals surface area contributed by atoms with Crippen LogP contribution in [0, 0.1) is 0 Å². The van der Waals surface area contributed by atoms with Crippen molar-refractivity contribution in [2.75, 3.05) is 7.11 Å². The molecule has 3 nitrogen and oxygen atoms in total. The molecule has 1 radical (unpaired) electrons. The van der Waals surface area contributed by atoms with Gasteiger partial charge in [-0.05, 0) is 23.8 Å². The summed E-state index contributed by atoms with van der Waals surface area (Å²) in [5.74, 6) is -2.86. The topological polar surface area (TPSA) is 49.4 Å². The van der Waals surface area contributed by atoms with Gasteiger partial charge in [-0.25, -0.2) is 0 Å². The van der Waals surface area contributed by atoms with Crippen LogP contribution in [0.4, 0.5) is 13.2 Å². The minimum atomic E-state index is -5.03. The molecule has 1 rings (SSSR count). The smallest absolute Gasteiger partial charge is 0.454 e. The minimum Gasteiger partial charge on any atom is -0.872 e. The van der Waals surface area contributed by atoms with Crippen molar-refractivity contribution in [1.29, 1.82) is 0 Å². The SMILES string of the molecule is COc1cccc(/C([O-])=C/C(=O)C(F)(F)F)c1.[Na]. The number of rotatable bonds is 3.